The van der Waals surface area contributed by atoms with E-state index in [4.69, 9.17) is 0 Å². The Balaban J connectivity index is 1.79. The first-order valence-corrected chi connectivity index (χ1v) is 9.66. The Kier molecular flexibility index (Phi) is 5.48. The van der Waals surface area contributed by atoms with E-state index in [-0.39, 0.29) is 17.7 Å². The van der Waals surface area contributed by atoms with Crippen molar-refractivity contribution in [1.29, 1.82) is 0 Å². The smallest absolute Gasteiger partial charge is 0.251 e. The summed E-state index contributed by atoms with van der Waals surface area (Å²) in [6, 6.07) is 14.7. The zero-order valence-corrected chi connectivity index (χ0v) is 16.7. The van der Waals surface area contributed by atoms with E-state index in [0.29, 0.717) is 6.07 Å². The van der Waals surface area contributed by atoms with Gasteiger partial charge in [-0.3, -0.25) is 4.79 Å². The molecule has 0 saturated carbocycles. The third-order valence-corrected chi connectivity index (χ3v) is 5.43. The second-order valence-electron chi connectivity index (χ2n) is 7.34. The van der Waals surface area contributed by atoms with E-state index in [1.165, 1.54) is 34.0 Å². The number of hydrogen-bond donors (Lipinski definition) is 1. The molecule has 158 valence electrons. The average molecular weight is 422 g/mol. The van der Waals surface area contributed by atoms with Gasteiger partial charge in [-0.1, -0.05) is 36.4 Å². The number of halogens is 2. The average Bonchev–Trinajstić information content (AvgIpc) is 3.26. The van der Waals surface area contributed by atoms with Gasteiger partial charge in [0, 0.05) is 23.9 Å². The van der Waals surface area contributed by atoms with E-state index in [2.05, 4.69) is 10.1 Å². The van der Waals surface area contributed by atoms with Crippen LogP contribution in [-0.2, 0) is 12.1 Å². The van der Waals surface area contributed by atoms with Crippen molar-refractivity contribution in [1.82, 2.24) is 19.3 Å². The zero-order chi connectivity index (χ0) is 22.0. The Bertz CT molecular complexity index is 1240. The largest absolute Gasteiger partial charge is 0.381 e. The fourth-order valence-electron chi connectivity index (χ4n) is 3.69. The first-order valence-electron chi connectivity index (χ1n) is 9.66. The SMILES string of the molecule is C[C@@H](n1ccc(-c2ccccc2)cc1=O)[C@](O)(Cn1cncn1)c1ccc(F)cc1F. The third kappa shape index (κ3) is 4.02. The van der Waals surface area contributed by atoms with Crippen molar-refractivity contribution in [2.45, 2.75) is 25.1 Å². The molecule has 0 radical (unpaired) electrons. The topological polar surface area (TPSA) is 72.9 Å². The lowest BCUT2D eigenvalue weighted by atomic mass is 9.86. The summed E-state index contributed by atoms with van der Waals surface area (Å²) in [6.07, 6.45) is 4.22. The maximum absolute atomic E-state index is 14.7. The van der Waals surface area contributed by atoms with E-state index in [1.54, 1.807) is 19.2 Å². The van der Waals surface area contributed by atoms with Gasteiger partial charge >= 0.3 is 0 Å². The fraction of sp³-hybridized carbons (Fsp3) is 0.174. The maximum Gasteiger partial charge on any atom is 0.251 e. The summed E-state index contributed by atoms with van der Waals surface area (Å²) in [7, 11) is 0. The molecule has 8 heteroatoms. The summed E-state index contributed by atoms with van der Waals surface area (Å²) in [6.45, 7) is 1.41. The van der Waals surface area contributed by atoms with E-state index in [0.717, 1.165) is 17.2 Å². The molecule has 0 aliphatic rings. The molecule has 2 heterocycles. The fourth-order valence-corrected chi connectivity index (χ4v) is 3.69. The number of nitrogens with zero attached hydrogens (tertiary/aromatic N) is 4. The predicted octanol–water partition coefficient (Wildman–Crippen LogP) is 3.53. The lowest BCUT2D eigenvalue weighted by Crippen LogP contribution is -2.43. The summed E-state index contributed by atoms with van der Waals surface area (Å²) in [5.41, 5.74) is -0.822. The minimum Gasteiger partial charge on any atom is -0.381 e. The molecule has 0 fully saturated rings. The molecule has 2 aromatic heterocycles. The predicted molar refractivity (Wildman–Crippen MR) is 111 cm³/mol. The van der Waals surface area contributed by atoms with E-state index >= 15 is 0 Å². The van der Waals surface area contributed by atoms with Crippen LogP contribution in [0.15, 0.2) is 84.3 Å². The van der Waals surface area contributed by atoms with Gasteiger partial charge in [-0.05, 0) is 30.2 Å². The highest BCUT2D eigenvalue weighted by molar-refractivity contribution is 5.62. The van der Waals surface area contributed by atoms with Gasteiger partial charge in [-0.25, -0.2) is 18.4 Å². The van der Waals surface area contributed by atoms with E-state index < -0.39 is 23.3 Å². The van der Waals surface area contributed by atoms with Crippen LogP contribution in [0.25, 0.3) is 11.1 Å². The number of hydrogen-bond acceptors (Lipinski definition) is 4. The minimum absolute atomic E-state index is 0.143. The number of aromatic nitrogens is 4. The number of pyridine rings is 1. The highest BCUT2D eigenvalue weighted by atomic mass is 19.1. The minimum atomic E-state index is -1.91. The number of rotatable bonds is 6. The number of aliphatic hydroxyl groups is 1. The molecule has 2 aromatic carbocycles. The van der Waals surface area contributed by atoms with E-state index in [9.17, 15) is 18.7 Å². The lowest BCUT2D eigenvalue weighted by molar-refractivity contribution is -0.0341. The third-order valence-electron chi connectivity index (χ3n) is 5.43. The van der Waals surface area contributed by atoms with Gasteiger partial charge in [0.15, 0.2) is 0 Å². The van der Waals surface area contributed by atoms with Crippen molar-refractivity contribution in [3.05, 3.63) is 107 Å². The summed E-state index contributed by atoms with van der Waals surface area (Å²) < 4.78 is 30.9. The Morgan fingerprint density at radius 3 is 2.48 bits per heavy atom. The Hall–Kier alpha value is -3.65. The molecule has 4 aromatic rings. The van der Waals surface area contributed by atoms with Crippen molar-refractivity contribution in [3.63, 3.8) is 0 Å². The Morgan fingerprint density at radius 2 is 1.84 bits per heavy atom. The van der Waals surface area contributed by atoms with Gasteiger partial charge in [0.25, 0.3) is 5.56 Å². The monoisotopic (exact) mass is 422 g/mol. The molecule has 0 unspecified atom stereocenters. The van der Waals surface area contributed by atoms with Crippen molar-refractivity contribution in [2.75, 3.05) is 0 Å². The van der Waals surface area contributed by atoms with Crippen LogP contribution in [0.1, 0.15) is 18.5 Å². The molecule has 6 nitrogen and oxygen atoms in total. The van der Waals surface area contributed by atoms with Crippen LogP contribution in [0.3, 0.4) is 0 Å². The van der Waals surface area contributed by atoms with Gasteiger partial charge < -0.3 is 9.67 Å². The van der Waals surface area contributed by atoms with Gasteiger partial charge in [-0.15, -0.1) is 0 Å². The maximum atomic E-state index is 14.7. The molecule has 0 saturated heterocycles. The summed E-state index contributed by atoms with van der Waals surface area (Å²) in [5.74, 6) is -1.68. The first-order chi connectivity index (χ1) is 14.9. The van der Waals surface area contributed by atoms with Crippen LogP contribution in [0.2, 0.25) is 0 Å². The van der Waals surface area contributed by atoms with Crippen LogP contribution < -0.4 is 5.56 Å². The second kappa shape index (κ2) is 8.23. The van der Waals surface area contributed by atoms with Crippen LogP contribution in [-0.4, -0.2) is 24.4 Å². The summed E-state index contributed by atoms with van der Waals surface area (Å²) >= 11 is 0. The quantitative estimate of drug-likeness (QED) is 0.516. The van der Waals surface area contributed by atoms with Crippen LogP contribution in [0.5, 0.6) is 0 Å². The van der Waals surface area contributed by atoms with Crippen molar-refractivity contribution in [3.8, 4) is 11.1 Å². The highest BCUT2D eigenvalue weighted by Crippen LogP contribution is 2.36. The molecular weight excluding hydrogens is 402 g/mol. The van der Waals surface area contributed by atoms with Crippen LogP contribution in [0.4, 0.5) is 8.78 Å². The van der Waals surface area contributed by atoms with E-state index in [1.807, 2.05) is 30.3 Å². The molecule has 0 spiro atoms. The zero-order valence-electron chi connectivity index (χ0n) is 16.7. The molecule has 0 amide bonds. The number of benzene rings is 2. The molecule has 4 rings (SSSR count). The standard InChI is InChI=1S/C23H20F2N4O2/c1-16(29-10-9-18(11-22(29)30)17-5-3-2-4-6-17)23(31,13-28-15-26-14-27-28)20-8-7-19(24)12-21(20)25/h2-12,14-16,31H,13H2,1H3/t16-,23-/m1/s1. The summed E-state index contributed by atoms with van der Waals surface area (Å²) in [4.78, 5) is 16.8. The van der Waals surface area contributed by atoms with Gasteiger partial charge in [-0.2, -0.15) is 5.10 Å². The molecule has 1 N–H and O–H groups in total. The van der Waals surface area contributed by atoms with Crippen molar-refractivity contribution in [2.24, 2.45) is 0 Å². The first kappa shape index (κ1) is 20.6. The molecule has 2 atom stereocenters. The molecular formula is C23H20F2N4O2. The molecule has 0 bridgehead atoms. The van der Waals surface area contributed by atoms with Crippen molar-refractivity contribution >= 4 is 0 Å². The molecule has 0 aliphatic carbocycles. The van der Waals surface area contributed by atoms with Gasteiger partial charge in [0.05, 0.1) is 12.6 Å². The second-order valence-corrected chi connectivity index (χ2v) is 7.34. The Labute approximate surface area is 177 Å². The highest BCUT2D eigenvalue weighted by Gasteiger charge is 2.40. The van der Waals surface area contributed by atoms with Crippen molar-refractivity contribution < 1.29 is 13.9 Å². The van der Waals surface area contributed by atoms with Crippen LogP contribution >= 0.6 is 0 Å². The van der Waals surface area contributed by atoms with Gasteiger partial charge in [0.2, 0.25) is 0 Å². The van der Waals surface area contributed by atoms with Gasteiger partial charge in [0.1, 0.15) is 29.9 Å². The Morgan fingerprint density at radius 1 is 1.06 bits per heavy atom. The lowest BCUT2D eigenvalue weighted by Gasteiger charge is -2.35. The normalized spacial score (nSPS) is 14.2. The molecule has 0 aliphatic heterocycles. The molecule has 31 heavy (non-hydrogen) atoms. The summed E-state index contributed by atoms with van der Waals surface area (Å²) in [5, 5.41) is 15.6. The van der Waals surface area contributed by atoms with Crippen LogP contribution in [0, 0.1) is 11.6 Å².